The fourth-order valence-electron chi connectivity index (χ4n) is 0. The van der Waals surface area contributed by atoms with Crippen LogP contribution in [0.25, 0.3) is 0 Å². The predicted octanol–water partition coefficient (Wildman–Crippen LogP) is 0.576. The van der Waals surface area contributed by atoms with Crippen LogP contribution in [0.3, 0.4) is 0 Å². The van der Waals surface area contributed by atoms with Crippen LogP contribution in [0.5, 0.6) is 0 Å². The molecule has 0 spiro atoms. The third-order valence-electron chi connectivity index (χ3n) is 0. The van der Waals surface area contributed by atoms with Gasteiger partial charge in [-0.2, -0.15) is 0 Å². The number of hydrogen-bond acceptors (Lipinski definition) is 6. The van der Waals surface area contributed by atoms with E-state index in [0.29, 0.717) is 0 Å². The second-order valence-electron chi connectivity index (χ2n) is 0. The van der Waals surface area contributed by atoms with Crippen LogP contribution in [0.1, 0.15) is 0 Å². The molecule has 0 aromatic carbocycles. The molecular weight excluding hydrogens is 348 g/mol. The summed E-state index contributed by atoms with van der Waals surface area (Å²) in [4.78, 5) is 0. The first-order chi connectivity index (χ1) is 6.00. The van der Waals surface area contributed by atoms with Gasteiger partial charge in [-0.15, -0.1) is 0 Å². The summed E-state index contributed by atoms with van der Waals surface area (Å²) in [5.41, 5.74) is 0. The zero-order chi connectivity index (χ0) is 12.0. The van der Waals surface area contributed by atoms with Crippen LogP contribution in [0, 0.1) is 71.0 Å². The van der Waals surface area contributed by atoms with Crippen LogP contribution >= 0.6 is 0 Å². The van der Waals surface area contributed by atoms with Crippen LogP contribution in [-0.2, 0) is 20.1 Å². The molecule has 0 aromatic heterocycles. The standard InChI is InChI=1S/6CN.Ir/c6*1-2;/q6*-1;. The van der Waals surface area contributed by atoms with E-state index in [1.54, 1.807) is 0 Å². The SMILES string of the molecule is [C-]#N.[C-]#N.[C-]#N.[C-]#N.[C-]#N.[C-]#N.[Ir]. The first-order valence-corrected chi connectivity index (χ1v) is 1.34. The second-order valence-corrected chi connectivity index (χ2v) is 0. The summed E-state index contributed by atoms with van der Waals surface area (Å²) in [6.45, 7) is 28.5. The van der Waals surface area contributed by atoms with Crippen molar-refractivity contribution in [1.82, 2.24) is 0 Å². The summed E-state index contributed by atoms with van der Waals surface area (Å²) in [5, 5.41) is 37.5. The van der Waals surface area contributed by atoms with Crippen LogP contribution < -0.4 is 0 Å². The Bertz CT molecular complexity index is 92.1. The Balaban J connectivity index is -0.00000000655. The molecule has 7 heteroatoms. The molecule has 6 nitrogen and oxygen atoms in total. The van der Waals surface area contributed by atoms with E-state index in [2.05, 4.69) is 0 Å². The van der Waals surface area contributed by atoms with Crippen molar-refractivity contribution in [3.05, 3.63) is 39.4 Å². The average Bonchev–Trinajstić information content (AvgIpc) is 2.33. The van der Waals surface area contributed by atoms with Crippen molar-refractivity contribution in [2.45, 2.75) is 0 Å². The van der Waals surface area contributed by atoms with Gasteiger partial charge in [-0.1, -0.05) is 0 Å². The summed E-state index contributed by atoms with van der Waals surface area (Å²) < 4.78 is 0. The van der Waals surface area contributed by atoms with Gasteiger partial charge in [0.1, 0.15) is 0 Å². The van der Waals surface area contributed by atoms with E-state index in [9.17, 15) is 0 Å². The third-order valence-corrected chi connectivity index (χ3v) is 0. The average molecular weight is 348 g/mol. The first kappa shape index (κ1) is 75.6. The van der Waals surface area contributed by atoms with E-state index < -0.39 is 0 Å². The van der Waals surface area contributed by atoms with Gasteiger partial charge in [-0.05, 0) is 0 Å². The van der Waals surface area contributed by atoms with Crippen LogP contribution in [-0.4, -0.2) is 0 Å². The van der Waals surface area contributed by atoms with Gasteiger partial charge in [0.15, 0.2) is 0 Å². The molecule has 1 radical (unpaired) electrons. The van der Waals surface area contributed by atoms with E-state index in [1.807, 2.05) is 0 Å². The molecule has 0 saturated heterocycles. The van der Waals surface area contributed by atoms with Gasteiger partial charge in [-0.25, -0.2) is 0 Å². The minimum atomic E-state index is 0. The Morgan fingerprint density at radius 1 is 0.308 bits per heavy atom. The Morgan fingerprint density at radius 2 is 0.308 bits per heavy atom. The third kappa shape index (κ3) is 95.0. The minimum Gasteiger partial charge on any atom is -0.512 e. The van der Waals surface area contributed by atoms with E-state index >= 15 is 0 Å². The molecule has 0 heterocycles. The van der Waals surface area contributed by atoms with Gasteiger partial charge < -0.3 is 71.0 Å². The maximum Gasteiger partial charge on any atom is 0 e. The minimum absolute atomic E-state index is 0. The van der Waals surface area contributed by atoms with E-state index in [-0.39, 0.29) is 20.1 Å². The fraction of sp³-hybridized carbons (Fsp3) is 0. The summed E-state index contributed by atoms with van der Waals surface area (Å²) in [7, 11) is 0. The molecule has 0 fully saturated rings. The van der Waals surface area contributed by atoms with Gasteiger partial charge in [0, 0.05) is 20.1 Å². The van der Waals surface area contributed by atoms with Crippen LogP contribution in [0.4, 0.5) is 0 Å². The largest absolute Gasteiger partial charge is 0.512 e. The topological polar surface area (TPSA) is 143 Å². The Kier molecular flexibility index (Phi) is 708. The molecule has 0 unspecified atom stereocenters. The summed E-state index contributed by atoms with van der Waals surface area (Å²) in [6.07, 6.45) is 0. The van der Waals surface area contributed by atoms with E-state index in [0.717, 1.165) is 0 Å². The Labute approximate surface area is 91.4 Å². The van der Waals surface area contributed by atoms with Crippen molar-refractivity contribution in [3.63, 3.8) is 0 Å². The molecular formula is C6IrN6-6. The molecule has 0 aromatic rings. The maximum atomic E-state index is 6.25. The van der Waals surface area contributed by atoms with Gasteiger partial charge in [0.25, 0.3) is 0 Å². The Hall–Kier alpha value is -2.41. The second kappa shape index (κ2) is 122. The van der Waals surface area contributed by atoms with E-state index in [4.69, 9.17) is 71.0 Å². The predicted molar refractivity (Wildman–Crippen MR) is 29.8 cm³/mol. The molecule has 0 amide bonds. The van der Waals surface area contributed by atoms with Gasteiger partial charge in [0.05, 0.1) is 0 Å². The zero-order valence-corrected chi connectivity index (χ0v) is 8.41. The molecule has 69 valence electrons. The fourth-order valence-corrected chi connectivity index (χ4v) is 0. The summed E-state index contributed by atoms with van der Waals surface area (Å²) in [5.74, 6) is 0. The molecule has 0 aliphatic carbocycles. The van der Waals surface area contributed by atoms with Crippen LogP contribution in [0.2, 0.25) is 0 Å². The van der Waals surface area contributed by atoms with Crippen molar-refractivity contribution in [2.75, 3.05) is 0 Å². The molecule has 0 N–H and O–H groups in total. The van der Waals surface area contributed by atoms with Gasteiger partial charge in [-0.3, -0.25) is 0 Å². The quantitative estimate of drug-likeness (QED) is 0.586. The summed E-state index contributed by atoms with van der Waals surface area (Å²) in [6, 6.07) is 0. The number of hydrogen-bond donors (Lipinski definition) is 0. The number of rotatable bonds is 0. The molecule has 0 rings (SSSR count). The van der Waals surface area contributed by atoms with Crippen molar-refractivity contribution in [1.29, 1.82) is 31.6 Å². The molecule has 13 heavy (non-hydrogen) atoms. The van der Waals surface area contributed by atoms with Crippen molar-refractivity contribution in [2.24, 2.45) is 0 Å². The van der Waals surface area contributed by atoms with Crippen molar-refractivity contribution in [3.8, 4) is 0 Å². The Morgan fingerprint density at radius 3 is 0.308 bits per heavy atom. The van der Waals surface area contributed by atoms with Crippen molar-refractivity contribution < 1.29 is 20.1 Å². The van der Waals surface area contributed by atoms with Gasteiger partial charge >= 0.3 is 0 Å². The van der Waals surface area contributed by atoms with Gasteiger partial charge in [0.2, 0.25) is 0 Å². The molecule has 0 aliphatic rings. The van der Waals surface area contributed by atoms with E-state index in [1.165, 1.54) is 0 Å². The van der Waals surface area contributed by atoms with Crippen LogP contribution in [0.15, 0.2) is 0 Å². The maximum absolute atomic E-state index is 6.25. The monoisotopic (exact) mass is 349 g/mol. The smallest absolute Gasteiger partial charge is 0 e. The normalized spacial score (nSPS) is 0.923. The molecule has 0 aliphatic heterocycles. The zero-order valence-electron chi connectivity index (χ0n) is 6.02. The molecule has 0 saturated carbocycles. The molecule has 0 atom stereocenters. The number of nitrogens with zero attached hydrogens (tertiary/aromatic N) is 6. The van der Waals surface area contributed by atoms with Crippen molar-refractivity contribution >= 4 is 0 Å². The first-order valence-electron chi connectivity index (χ1n) is 1.34. The summed E-state index contributed by atoms with van der Waals surface area (Å²) >= 11 is 0. The molecule has 0 bridgehead atoms.